The second kappa shape index (κ2) is 9.78. The number of nitrogens with zero attached hydrogens (tertiary/aromatic N) is 1. The first-order chi connectivity index (χ1) is 10.1. The lowest BCUT2D eigenvalue weighted by Gasteiger charge is -2.08. The van der Waals surface area contributed by atoms with Crippen LogP contribution in [0.3, 0.4) is 0 Å². The van der Waals surface area contributed by atoms with Gasteiger partial charge in [-0.15, -0.1) is 0 Å². The molecule has 0 fully saturated rings. The largest absolute Gasteiger partial charge is 0.507 e. The van der Waals surface area contributed by atoms with Gasteiger partial charge in [0.05, 0.1) is 6.61 Å². The van der Waals surface area contributed by atoms with Crippen LogP contribution in [0, 0.1) is 0 Å². The molecule has 1 aromatic heterocycles. The first kappa shape index (κ1) is 18.0. The number of phenolic OH excluding ortho intramolecular Hbond substituents is 1. The van der Waals surface area contributed by atoms with Gasteiger partial charge in [0.15, 0.2) is 0 Å². The number of unbranched alkanes of at least 4 members (excludes halogenated alkanes) is 1. The summed E-state index contributed by atoms with van der Waals surface area (Å²) in [6.07, 6.45) is 5.32. The number of aromatic amines is 1. The van der Waals surface area contributed by atoms with Crippen molar-refractivity contribution in [1.82, 2.24) is 9.88 Å². The van der Waals surface area contributed by atoms with Crippen molar-refractivity contribution in [2.24, 2.45) is 0 Å². The summed E-state index contributed by atoms with van der Waals surface area (Å²) in [6, 6.07) is 5.56. The summed E-state index contributed by atoms with van der Waals surface area (Å²) in [5.41, 5.74) is 2.18. The number of benzene rings is 1. The van der Waals surface area contributed by atoms with Crippen LogP contribution in [0.4, 0.5) is 0 Å². The second-order valence-electron chi connectivity index (χ2n) is 5.29. The fourth-order valence-corrected chi connectivity index (χ4v) is 2.17. The first-order valence-electron chi connectivity index (χ1n) is 7.34. The Hall–Kier alpha value is -1.09. The lowest BCUT2D eigenvalue weighted by Crippen LogP contribution is -2.14. The number of nitrogens with one attached hydrogen (secondary N) is 1. The summed E-state index contributed by atoms with van der Waals surface area (Å²) in [5.74, 6) is 0.363. The van der Waals surface area contributed by atoms with Gasteiger partial charge in [-0.05, 0) is 44.6 Å². The Balaban J connectivity index is 0.000000315. The third-order valence-electron chi connectivity index (χ3n) is 3.21. The maximum Gasteiger partial charge on any atom is 0.125 e. The number of H-pyrrole nitrogens is 1. The molecule has 0 saturated heterocycles. The molecule has 0 spiro atoms. The van der Waals surface area contributed by atoms with Crippen LogP contribution in [-0.4, -0.2) is 42.2 Å². The molecule has 2 rings (SSSR count). The third-order valence-corrected chi connectivity index (χ3v) is 3.45. The number of hydrogen-bond acceptors (Lipinski definition) is 3. The van der Waals surface area contributed by atoms with E-state index in [0.29, 0.717) is 5.75 Å². The fourth-order valence-electron chi connectivity index (χ4n) is 2.00. The van der Waals surface area contributed by atoms with Crippen molar-refractivity contribution in [1.29, 1.82) is 0 Å². The van der Waals surface area contributed by atoms with E-state index in [-0.39, 0.29) is 0 Å². The molecule has 0 saturated carbocycles. The van der Waals surface area contributed by atoms with E-state index in [1.807, 2.05) is 18.3 Å². The predicted octanol–water partition coefficient (Wildman–Crippen LogP) is 3.57. The van der Waals surface area contributed by atoms with Gasteiger partial charge in [0.1, 0.15) is 5.75 Å². The SMILES string of the molecule is CCCCOP.CN(C)CCc1c[nH]c2cccc(O)c12. The van der Waals surface area contributed by atoms with Crippen molar-refractivity contribution in [3.8, 4) is 5.75 Å². The highest BCUT2D eigenvalue weighted by molar-refractivity contribution is 7.09. The molecule has 21 heavy (non-hydrogen) atoms. The number of aromatic nitrogens is 1. The Labute approximate surface area is 129 Å². The van der Waals surface area contributed by atoms with Gasteiger partial charge < -0.3 is 19.5 Å². The zero-order chi connectivity index (χ0) is 15.7. The van der Waals surface area contributed by atoms with Crippen LogP contribution < -0.4 is 0 Å². The molecule has 0 amide bonds. The molecule has 0 aliphatic carbocycles. The van der Waals surface area contributed by atoms with Crippen LogP contribution in [0.2, 0.25) is 0 Å². The quantitative estimate of drug-likeness (QED) is 0.633. The van der Waals surface area contributed by atoms with Crippen LogP contribution in [0.5, 0.6) is 5.75 Å². The smallest absolute Gasteiger partial charge is 0.125 e. The molecule has 2 aromatic rings. The van der Waals surface area contributed by atoms with E-state index < -0.39 is 0 Å². The molecule has 0 bridgehead atoms. The molecule has 4 nitrogen and oxygen atoms in total. The lowest BCUT2D eigenvalue weighted by atomic mass is 10.1. The Bertz CT molecular complexity index is 522. The summed E-state index contributed by atoms with van der Waals surface area (Å²) >= 11 is 0. The van der Waals surface area contributed by atoms with Gasteiger partial charge >= 0.3 is 0 Å². The summed E-state index contributed by atoms with van der Waals surface area (Å²) in [4.78, 5) is 5.31. The molecular weight excluding hydrogens is 283 g/mol. The summed E-state index contributed by atoms with van der Waals surface area (Å²) < 4.78 is 4.70. The maximum absolute atomic E-state index is 9.77. The highest BCUT2D eigenvalue weighted by Crippen LogP contribution is 2.27. The Morgan fingerprint density at radius 1 is 1.33 bits per heavy atom. The zero-order valence-electron chi connectivity index (χ0n) is 13.2. The highest BCUT2D eigenvalue weighted by atomic mass is 31.0. The Morgan fingerprint density at radius 3 is 2.67 bits per heavy atom. The van der Waals surface area contributed by atoms with Crippen LogP contribution in [-0.2, 0) is 10.9 Å². The van der Waals surface area contributed by atoms with E-state index in [0.717, 1.165) is 30.5 Å². The highest BCUT2D eigenvalue weighted by Gasteiger charge is 2.07. The minimum Gasteiger partial charge on any atom is -0.507 e. The standard InChI is InChI=1S/C12H16N2O.C4H11OP/c1-14(2)7-6-9-8-13-10-4-3-5-11(15)12(9)10;1-2-3-4-5-6/h3-5,8,13,15H,6-7H2,1-2H3;2-4,6H2,1H3. The van der Waals surface area contributed by atoms with Crippen molar-refractivity contribution >= 4 is 20.4 Å². The van der Waals surface area contributed by atoms with Gasteiger partial charge in [-0.2, -0.15) is 0 Å². The topological polar surface area (TPSA) is 48.5 Å². The van der Waals surface area contributed by atoms with Crippen LogP contribution in [0.25, 0.3) is 10.9 Å². The number of rotatable bonds is 6. The van der Waals surface area contributed by atoms with Crippen LogP contribution in [0.1, 0.15) is 25.3 Å². The van der Waals surface area contributed by atoms with Crippen LogP contribution in [0.15, 0.2) is 24.4 Å². The summed E-state index contributed by atoms with van der Waals surface area (Å²) in [5, 5.41) is 10.7. The number of phenols is 1. The van der Waals surface area contributed by atoms with Crippen molar-refractivity contribution < 1.29 is 9.63 Å². The fraction of sp³-hybridized carbons (Fsp3) is 0.500. The molecule has 1 heterocycles. The molecule has 0 aliphatic rings. The lowest BCUT2D eigenvalue weighted by molar-refractivity contribution is 0.360. The molecule has 1 unspecified atom stereocenters. The van der Waals surface area contributed by atoms with E-state index in [9.17, 15) is 5.11 Å². The average Bonchev–Trinajstić information content (AvgIpc) is 2.88. The molecule has 1 atom stereocenters. The molecule has 1 aromatic carbocycles. The van der Waals surface area contributed by atoms with Gasteiger partial charge in [0, 0.05) is 33.1 Å². The second-order valence-corrected chi connectivity index (χ2v) is 5.62. The van der Waals surface area contributed by atoms with Crippen molar-refractivity contribution in [3.63, 3.8) is 0 Å². The minimum atomic E-state index is 0.363. The van der Waals surface area contributed by atoms with Crippen molar-refractivity contribution in [2.45, 2.75) is 26.2 Å². The van der Waals surface area contributed by atoms with Crippen molar-refractivity contribution in [3.05, 3.63) is 30.0 Å². The first-order valence-corrected chi connectivity index (χ1v) is 7.81. The normalized spacial score (nSPS) is 10.7. The Kier molecular flexibility index (Phi) is 8.36. The van der Waals surface area contributed by atoms with E-state index in [4.69, 9.17) is 4.52 Å². The predicted molar refractivity (Wildman–Crippen MR) is 92.8 cm³/mol. The molecule has 0 radical (unpaired) electrons. The van der Waals surface area contributed by atoms with E-state index in [2.05, 4.69) is 40.4 Å². The van der Waals surface area contributed by atoms with Gasteiger partial charge in [0.25, 0.3) is 0 Å². The maximum atomic E-state index is 9.77. The number of aromatic hydroxyl groups is 1. The van der Waals surface area contributed by atoms with Gasteiger partial charge in [-0.1, -0.05) is 19.4 Å². The monoisotopic (exact) mass is 310 g/mol. The Morgan fingerprint density at radius 2 is 2.10 bits per heavy atom. The van der Waals surface area contributed by atoms with Crippen LogP contribution >= 0.6 is 9.47 Å². The van der Waals surface area contributed by atoms with E-state index >= 15 is 0 Å². The van der Waals surface area contributed by atoms with Gasteiger partial charge in [-0.25, -0.2) is 0 Å². The molecule has 0 aliphatic heterocycles. The minimum absolute atomic E-state index is 0.363. The van der Waals surface area contributed by atoms with Crippen molar-refractivity contribution in [2.75, 3.05) is 27.2 Å². The third kappa shape index (κ3) is 6.04. The zero-order valence-corrected chi connectivity index (χ0v) is 14.4. The molecular formula is C16H27N2O2P. The number of likely N-dealkylation sites (N-methyl/N-ethyl adjacent to an activating group) is 1. The van der Waals surface area contributed by atoms with Gasteiger partial charge in [0.2, 0.25) is 0 Å². The van der Waals surface area contributed by atoms with Gasteiger partial charge in [-0.3, -0.25) is 0 Å². The molecule has 118 valence electrons. The van der Waals surface area contributed by atoms with E-state index in [1.165, 1.54) is 18.4 Å². The summed E-state index contributed by atoms with van der Waals surface area (Å²) in [6.45, 7) is 4.01. The summed E-state index contributed by atoms with van der Waals surface area (Å²) in [7, 11) is 6.33. The number of fused-ring (bicyclic) bond motifs is 1. The average molecular weight is 310 g/mol. The van der Waals surface area contributed by atoms with E-state index in [1.54, 1.807) is 6.07 Å². The molecule has 5 heteroatoms. The number of hydrogen-bond donors (Lipinski definition) is 2. The molecule has 2 N–H and O–H groups in total.